The Balaban J connectivity index is 1.50. The summed E-state index contributed by atoms with van der Waals surface area (Å²) in [7, 11) is 3.90. The van der Waals surface area contributed by atoms with Gasteiger partial charge in [0.2, 0.25) is 0 Å². The molecule has 2 aliphatic heterocycles. The van der Waals surface area contributed by atoms with Crippen molar-refractivity contribution in [3.8, 4) is 23.0 Å². The molecule has 7 heteroatoms. The van der Waals surface area contributed by atoms with Gasteiger partial charge in [-0.1, -0.05) is 6.92 Å². The average Bonchev–Trinajstić information content (AvgIpc) is 3.38. The summed E-state index contributed by atoms with van der Waals surface area (Å²) < 4.78 is 18.1. The molecule has 2 saturated heterocycles. The summed E-state index contributed by atoms with van der Waals surface area (Å²) >= 11 is 0. The third kappa shape index (κ3) is 5.57. The SMILES string of the molecule is CCc1ccc(-c2cc(NC3CCN(C)CC3)c3cc(OC)c(OCC4CCNCC4)cc3n2)o1. The van der Waals surface area contributed by atoms with Gasteiger partial charge in [0, 0.05) is 29.6 Å². The average molecular weight is 479 g/mol. The molecule has 5 rings (SSSR count). The van der Waals surface area contributed by atoms with E-state index in [2.05, 4.69) is 41.6 Å². The molecule has 4 heterocycles. The molecule has 2 aromatic heterocycles. The van der Waals surface area contributed by atoms with Crippen LogP contribution in [0.4, 0.5) is 5.69 Å². The van der Waals surface area contributed by atoms with Gasteiger partial charge < -0.3 is 29.4 Å². The molecule has 2 N–H and O–H groups in total. The van der Waals surface area contributed by atoms with Gasteiger partial charge in [-0.3, -0.25) is 0 Å². The highest BCUT2D eigenvalue weighted by molar-refractivity contribution is 5.95. The first-order valence-corrected chi connectivity index (χ1v) is 13.0. The Kier molecular flexibility index (Phi) is 7.44. The smallest absolute Gasteiger partial charge is 0.163 e. The number of hydrogen-bond donors (Lipinski definition) is 2. The summed E-state index contributed by atoms with van der Waals surface area (Å²) in [5.74, 6) is 3.82. The number of methoxy groups -OCH3 is 1. The van der Waals surface area contributed by atoms with E-state index in [9.17, 15) is 0 Å². The van der Waals surface area contributed by atoms with E-state index in [1.165, 1.54) is 0 Å². The zero-order chi connectivity index (χ0) is 24.2. The number of fused-ring (bicyclic) bond motifs is 1. The molecule has 0 atom stereocenters. The number of rotatable bonds is 8. The minimum Gasteiger partial charge on any atom is -0.493 e. The second-order valence-electron chi connectivity index (χ2n) is 9.92. The third-order valence-corrected chi connectivity index (χ3v) is 7.37. The second kappa shape index (κ2) is 10.9. The van der Waals surface area contributed by atoms with Crippen molar-refractivity contribution in [1.82, 2.24) is 15.2 Å². The van der Waals surface area contributed by atoms with Crippen molar-refractivity contribution in [3.63, 3.8) is 0 Å². The maximum Gasteiger partial charge on any atom is 0.163 e. The number of piperidine rings is 2. The number of benzene rings is 1. The monoisotopic (exact) mass is 478 g/mol. The van der Waals surface area contributed by atoms with E-state index in [4.69, 9.17) is 18.9 Å². The normalized spacial score (nSPS) is 18.1. The Labute approximate surface area is 208 Å². The fraction of sp³-hybridized carbons (Fsp3) is 0.536. The van der Waals surface area contributed by atoms with Gasteiger partial charge in [-0.05, 0) is 89.1 Å². The van der Waals surface area contributed by atoms with E-state index in [1.807, 2.05) is 18.2 Å². The molecular weight excluding hydrogens is 440 g/mol. The molecule has 1 aromatic carbocycles. The van der Waals surface area contributed by atoms with Crippen molar-refractivity contribution in [2.24, 2.45) is 5.92 Å². The maximum absolute atomic E-state index is 6.30. The number of pyridine rings is 1. The standard InChI is InChI=1S/C28H38N4O3/c1-4-21-5-6-26(35-21)25-16-23(30-20-9-13-32(2)14-10-20)22-15-27(33-3)28(17-24(22)31-25)34-18-19-7-11-29-12-8-19/h5-6,15-17,19-20,29H,4,7-14,18H2,1-3H3,(H,30,31). The maximum atomic E-state index is 6.30. The van der Waals surface area contributed by atoms with E-state index in [0.717, 1.165) is 104 Å². The van der Waals surface area contributed by atoms with Crippen LogP contribution in [-0.4, -0.2) is 62.9 Å². The van der Waals surface area contributed by atoms with Crippen molar-refractivity contribution < 1.29 is 13.9 Å². The van der Waals surface area contributed by atoms with Crippen LogP contribution in [0.25, 0.3) is 22.4 Å². The number of nitrogens with one attached hydrogen (secondary N) is 2. The Bertz CT molecular complexity index is 1130. The van der Waals surface area contributed by atoms with E-state index < -0.39 is 0 Å². The molecular formula is C28H38N4O3. The number of aryl methyl sites for hydroxylation is 1. The highest BCUT2D eigenvalue weighted by Crippen LogP contribution is 2.38. The van der Waals surface area contributed by atoms with Gasteiger partial charge in [0.05, 0.1) is 19.2 Å². The predicted octanol–water partition coefficient (Wildman–Crippen LogP) is 4.95. The minimum absolute atomic E-state index is 0.425. The Morgan fingerprint density at radius 2 is 1.89 bits per heavy atom. The quantitative estimate of drug-likeness (QED) is 0.475. The fourth-order valence-corrected chi connectivity index (χ4v) is 5.09. The van der Waals surface area contributed by atoms with Gasteiger partial charge >= 0.3 is 0 Å². The molecule has 0 unspecified atom stereocenters. The molecule has 0 aliphatic carbocycles. The van der Waals surface area contributed by atoms with Crippen LogP contribution in [0.2, 0.25) is 0 Å². The molecule has 0 radical (unpaired) electrons. The zero-order valence-electron chi connectivity index (χ0n) is 21.2. The van der Waals surface area contributed by atoms with Crippen molar-refractivity contribution in [2.75, 3.05) is 52.3 Å². The Hall–Kier alpha value is -2.77. The summed E-state index contributed by atoms with van der Waals surface area (Å²) in [6.07, 6.45) is 5.37. The van der Waals surface area contributed by atoms with Crippen LogP contribution in [0.1, 0.15) is 38.4 Å². The van der Waals surface area contributed by atoms with E-state index >= 15 is 0 Å². The minimum atomic E-state index is 0.425. The number of aromatic nitrogens is 1. The summed E-state index contributed by atoms with van der Waals surface area (Å²) in [5, 5.41) is 8.28. The number of nitrogens with zero attached hydrogens (tertiary/aromatic N) is 2. The van der Waals surface area contributed by atoms with Crippen molar-refractivity contribution >= 4 is 16.6 Å². The lowest BCUT2D eigenvalue weighted by Gasteiger charge is -2.30. The van der Waals surface area contributed by atoms with Gasteiger partial charge in [0.1, 0.15) is 11.5 Å². The van der Waals surface area contributed by atoms with Gasteiger partial charge in [-0.15, -0.1) is 0 Å². The summed E-state index contributed by atoms with van der Waals surface area (Å²) in [4.78, 5) is 7.39. The molecule has 0 bridgehead atoms. The van der Waals surface area contributed by atoms with Gasteiger partial charge in [0.25, 0.3) is 0 Å². The lowest BCUT2D eigenvalue weighted by Crippen LogP contribution is -2.36. The predicted molar refractivity (Wildman–Crippen MR) is 141 cm³/mol. The first-order chi connectivity index (χ1) is 17.1. The zero-order valence-corrected chi connectivity index (χ0v) is 21.2. The number of hydrogen-bond acceptors (Lipinski definition) is 7. The molecule has 0 amide bonds. The molecule has 0 spiro atoms. The first-order valence-electron chi connectivity index (χ1n) is 13.0. The highest BCUT2D eigenvalue weighted by Gasteiger charge is 2.21. The van der Waals surface area contributed by atoms with Crippen LogP contribution in [0.5, 0.6) is 11.5 Å². The van der Waals surface area contributed by atoms with Crippen molar-refractivity contribution in [3.05, 3.63) is 36.1 Å². The third-order valence-electron chi connectivity index (χ3n) is 7.37. The molecule has 2 aliphatic rings. The van der Waals surface area contributed by atoms with Crippen LogP contribution in [0, 0.1) is 5.92 Å². The summed E-state index contributed by atoms with van der Waals surface area (Å²) in [6, 6.07) is 10.7. The molecule has 188 valence electrons. The van der Waals surface area contributed by atoms with Gasteiger partial charge in [-0.2, -0.15) is 0 Å². The van der Waals surface area contributed by atoms with Crippen LogP contribution in [-0.2, 0) is 6.42 Å². The van der Waals surface area contributed by atoms with Gasteiger partial charge in [-0.25, -0.2) is 4.98 Å². The van der Waals surface area contributed by atoms with Crippen molar-refractivity contribution in [2.45, 2.75) is 45.1 Å². The Morgan fingerprint density at radius 3 is 2.60 bits per heavy atom. The molecule has 2 fully saturated rings. The van der Waals surface area contributed by atoms with Crippen LogP contribution in [0.15, 0.2) is 34.7 Å². The van der Waals surface area contributed by atoms with E-state index in [1.54, 1.807) is 7.11 Å². The largest absolute Gasteiger partial charge is 0.493 e. The molecule has 0 saturated carbocycles. The second-order valence-corrected chi connectivity index (χ2v) is 9.92. The van der Waals surface area contributed by atoms with Gasteiger partial charge in [0.15, 0.2) is 17.3 Å². The van der Waals surface area contributed by atoms with E-state index in [-0.39, 0.29) is 0 Å². The molecule has 35 heavy (non-hydrogen) atoms. The highest BCUT2D eigenvalue weighted by atomic mass is 16.5. The number of ether oxygens (including phenoxy) is 2. The molecule has 7 nitrogen and oxygen atoms in total. The van der Waals surface area contributed by atoms with Crippen LogP contribution < -0.4 is 20.1 Å². The fourth-order valence-electron chi connectivity index (χ4n) is 5.09. The molecule has 3 aromatic rings. The Morgan fingerprint density at radius 1 is 1.09 bits per heavy atom. The van der Waals surface area contributed by atoms with E-state index in [0.29, 0.717) is 18.6 Å². The van der Waals surface area contributed by atoms with Crippen LogP contribution >= 0.6 is 0 Å². The lowest BCUT2D eigenvalue weighted by atomic mass is 9.99. The lowest BCUT2D eigenvalue weighted by molar-refractivity contribution is 0.208. The summed E-state index contributed by atoms with van der Waals surface area (Å²) in [6.45, 7) is 7.11. The number of likely N-dealkylation sites (tertiary alicyclic amines) is 1. The number of anilines is 1. The first kappa shape index (κ1) is 23.9. The number of furan rings is 1. The topological polar surface area (TPSA) is 71.8 Å². The van der Waals surface area contributed by atoms with Crippen LogP contribution in [0.3, 0.4) is 0 Å². The summed E-state index contributed by atoms with van der Waals surface area (Å²) in [5.41, 5.74) is 2.78. The van der Waals surface area contributed by atoms with Crippen molar-refractivity contribution in [1.29, 1.82) is 0 Å².